The van der Waals surface area contributed by atoms with E-state index in [-0.39, 0.29) is 17.9 Å². The number of ether oxygens (including phenoxy) is 3. The zero-order chi connectivity index (χ0) is 30.2. The molecule has 0 aliphatic heterocycles. The lowest BCUT2D eigenvalue weighted by molar-refractivity contribution is -0.140. The maximum atomic E-state index is 12.5. The number of rotatable bonds is 16. The topological polar surface area (TPSA) is 131 Å². The fourth-order valence-electron chi connectivity index (χ4n) is 5.28. The van der Waals surface area contributed by atoms with Gasteiger partial charge in [-0.2, -0.15) is 0 Å². The highest BCUT2D eigenvalue weighted by Crippen LogP contribution is 2.32. The summed E-state index contributed by atoms with van der Waals surface area (Å²) in [6, 6.07) is 11.8. The van der Waals surface area contributed by atoms with Crippen molar-refractivity contribution in [2.45, 2.75) is 84.0 Å². The monoisotopic (exact) mass is 578 g/mol. The number of anilines is 2. The van der Waals surface area contributed by atoms with Gasteiger partial charge in [-0.05, 0) is 86.4 Å². The first-order valence-corrected chi connectivity index (χ1v) is 15.3. The molecule has 8 heteroatoms. The molecule has 0 radical (unpaired) electrons. The van der Waals surface area contributed by atoms with Crippen LogP contribution in [0.25, 0.3) is 6.08 Å². The summed E-state index contributed by atoms with van der Waals surface area (Å²) in [5, 5.41) is 0. The van der Waals surface area contributed by atoms with E-state index in [9.17, 15) is 14.4 Å². The van der Waals surface area contributed by atoms with Gasteiger partial charge in [-0.3, -0.25) is 4.79 Å². The van der Waals surface area contributed by atoms with Gasteiger partial charge >= 0.3 is 17.9 Å². The Kier molecular flexibility index (Phi) is 13.9. The van der Waals surface area contributed by atoms with Crippen LogP contribution in [0.4, 0.5) is 11.4 Å². The second kappa shape index (κ2) is 17.9. The maximum Gasteiger partial charge on any atom is 0.338 e. The molecule has 0 aromatic heterocycles. The van der Waals surface area contributed by atoms with Gasteiger partial charge in [-0.1, -0.05) is 57.6 Å². The van der Waals surface area contributed by atoms with Crippen molar-refractivity contribution < 1.29 is 28.6 Å². The molecule has 0 amide bonds. The second-order valence-corrected chi connectivity index (χ2v) is 11.1. The standard InChI is InChI=1S/C34H46N2O6/c1-2-9-25-10-15-27(16-11-25)34(39)42-31-17-12-26(13-18-31)14-19-32(37)40-20-7-5-3-4-6-8-21-41-33(38)28-22-29(35)24-30(36)23-28/h12-14,17-19,22-25,27H,2-11,15-16,20-21,35-36H2,1H3/b19-14+. The molecule has 0 saturated heterocycles. The molecule has 0 bridgehead atoms. The Morgan fingerprint density at radius 1 is 0.810 bits per heavy atom. The van der Waals surface area contributed by atoms with Crippen LogP contribution in [-0.4, -0.2) is 31.1 Å². The predicted octanol–water partition coefficient (Wildman–Crippen LogP) is 7.12. The summed E-state index contributed by atoms with van der Waals surface area (Å²) in [6.07, 6.45) is 15.1. The lowest BCUT2D eigenvalue weighted by Gasteiger charge is -2.26. The molecule has 0 atom stereocenters. The van der Waals surface area contributed by atoms with Gasteiger partial charge in [0, 0.05) is 17.5 Å². The Labute approximate surface area is 249 Å². The van der Waals surface area contributed by atoms with E-state index in [0.717, 1.165) is 75.7 Å². The summed E-state index contributed by atoms with van der Waals surface area (Å²) in [5.41, 5.74) is 13.5. The van der Waals surface area contributed by atoms with Gasteiger partial charge in [0.05, 0.1) is 24.7 Å². The molecule has 4 N–H and O–H groups in total. The fraction of sp³-hybridized carbons (Fsp3) is 0.500. The molecule has 2 aromatic carbocycles. The van der Waals surface area contributed by atoms with Crippen molar-refractivity contribution >= 4 is 35.4 Å². The van der Waals surface area contributed by atoms with E-state index < -0.39 is 5.97 Å². The number of hydrogen-bond donors (Lipinski definition) is 2. The van der Waals surface area contributed by atoms with Crippen LogP contribution in [0.5, 0.6) is 5.75 Å². The summed E-state index contributed by atoms with van der Waals surface area (Å²) in [7, 11) is 0. The molecule has 0 spiro atoms. The van der Waals surface area contributed by atoms with Crippen LogP contribution >= 0.6 is 0 Å². The van der Waals surface area contributed by atoms with Gasteiger partial charge in [-0.25, -0.2) is 9.59 Å². The maximum absolute atomic E-state index is 12.5. The van der Waals surface area contributed by atoms with Crippen molar-refractivity contribution in [2.24, 2.45) is 11.8 Å². The average Bonchev–Trinajstić information content (AvgIpc) is 2.97. The fourth-order valence-corrected chi connectivity index (χ4v) is 5.28. The molecule has 0 unspecified atom stereocenters. The molecule has 42 heavy (non-hydrogen) atoms. The van der Waals surface area contributed by atoms with Crippen LogP contribution in [0.1, 0.15) is 99.9 Å². The molecule has 1 aliphatic carbocycles. The lowest BCUT2D eigenvalue weighted by atomic mass is 9.80. The summed E-state index contributed by atoms with van der Waals surface area (Å²) in [4.78, 5) is 36.6. The number of nitrogens with two attached hydrogens (primary N) is 2. The highest BCUT2D eigenvalue weighted by molar-refractivity contribution is 5.91. The molecular formula is C34H46N2O6. The van der Waals surface area contributed by atoms with Crippen LogP contribution in [0.15, 0.2) is 48.5 Å². The first-order valence-electron chi connectivity index (χ1n) is 15.3. The van der Waals surface area contributed by atoms with Crippen molar-refractivity contribution in [1.82, 2.24) is 0 Å². The Hall–Kier alpha value is -3.81. The number of nitrogen functional groups attached to an aromatic ring is 2. The van der Waals surface area contributed by atoms with E-state index in [0.29, 0.717) is 35.9 Å². The average molecular weight is 579 g/mol. The van der Waals surface area contributed by atoms with Crippen LogP contribution in [0.3, 0.4) is 0 Å². The van der Waals surface area contributed by atoms with Crippen LogP contribution in [-0.2, 0) is 19.1 Å². The first kappa shape index (κ1) is 32.7. The van der Waals surface area contributed by atoms with Gasteiger partial charge in [0.2, 0.25) is 0 Å². The summed E-state index contributed by atoms with van der Waals surface area (Å²) in [6.45, 7) is 2.94. The third-order valence-electron chi connectivity index (χ3n) is 7.62. The number of carbonyl (C=O) groups excluding carboxylic acids is 3. The number of unbranched alkanes of at least 4 members (excludes halogenated alkanes) is 5. The van der Waals surface area contributed by atoms with E-state index in [4.69, 9.17) is 25.7 Å². The summed E-state index contributed by atoms with van der Waals surface area (Å²) >= 11 is 0. The molecule has 1 aliphatic rings. The van der Waals surface area contributed by atoms with Gasteiger partial charge in [0.25, 0.3) is 0 Å². The Bertz CT molecular complexity index is 1150. The van der Waals surface area contributed by atoms with E-state index in [2.05, 4.69) is 6.92 Å². The van der Waals surface area contributed by atoms with Crippen molar-refractivity contribution in [2.75, 3.05) is 24.7 Å². The van der Waals surface area contributed by atoms with Gasteiger partial charge in [0.15, 0.2) is 0 Å². The van der Waals surface area contributed by atoms with Crippen LogP contribution in [0, 0.1) is 11.8 Å². The Balaban J connectivity index is 1.20. The van der Waals surface area contributed by atoms with Crippen LogP contribution in [0.2, 0.25) is 0 Å². The van der Waals surface area contributed by atoms with E-state index in [1.165, 1.54) is 18.9 Å². The Morgan fingerprint density at radius 3 is 2.02 bits per heavy atom. The highest BCUT2D eigenvalue weighted by Gasteiger charge is 2.27. The van der Waals surface area contributed by atoms with Crippen LogP contribution < -0.4 is 16.2 Å². The number of benzene rings is 2. The molecule has 0 heterocycles. The quantitative estimate of drug-likeness (QED) is 0.0708. The molecule has 228 valence electrons. The molecule has 1 fully saturated rings. The van der Waals surface area contributed by atoms with E-state index in [1.54, 1.807) is 36.4 Å². The van der Waals surface area contributed by atoms with Crippen molar-refractivity contribution in [3.05, 3.63) is 59.7 Å². The minimum atomic E-state index is -0.419. The predicted molar refractivity (Wildman–Crippen MR) is 166 cm³/mol. The van der Waals surface area contributed by atoms with Gasteiger partial charge in [-0.15, -0.1) is 0 Å². The summed E-state index contributed by atoms with van der Waals surface area (Å²) in [5.74, 6) is 0.331. The van der Waals surface area contributed by atoms with E-state index in [1.807, 2.05) is 12.1 Å². The highest BCUT2D eigenvalue weighted by atomic mass is 16.5. The van der Waals surface area contributed by atoms with Crippen molar-refractivity contribution in [3.63, 3.8) is 0 Å². The minimum Gasteiger partial charge on any atom is -0.463 e. The lowest BCUT2D eigenvalue weighted by Crippen LogP contribution is -2.25. The molecule has 8 nitrogen and oxygen atoms in total. The number of hydrogen-bond acceptors (Lipinski definition) is 8. The van der Waals surface area contributed by atoms with Gasteiger partial charge in [0.1, 0.15) is 5.75 Å². The summed E-state index contributed by atoms with van der Waals surface area (Å²) < 4.78 is 16.2. The largest absolute Gasteiger partial charge is 0.463 e. The zero-order valence-corrected chi connectivity index (χ0v) is 24.9. The molecule has 2 aromatic rings. The third-order valence-corrected chi connectivity index (χ3v) is 7.62. The molecular weight excluding hydrogens is 532 g/mol. The second-order valence-electron chi connectivity index (χ2n) is 11.1. The zero-order valence-electron chi connectivity index (χ0n) is 24.9. The number of carbonyl (C=O) groups is 3. The Morgan fingerprint density at radius 2 is 1.40 bits per heavy atom. The third kappa shape index (κ3) is 12.0. The first-order chi connectivity index (χ1) is 20.3. The van der Waals surface area contributed by atoms with Crippen molar-refractivity contribution in [1.29, 1.82) is 0 Å². The molecule has 1 saturated carbocycles. The number of esters is 3. The normalized spacial score (nSPS) is 16.7. The minimum absolute atomic E-state index is 0.00815. The van der Waals surface area contributed by atoms with Crippen molar-refractivity contribution in [3.8, 4) is 5.75 Å². The van der Waals surface area contributed by atoms with Gasteiger partial charge < -0.3 is 25.7 Å². The smallest absolute Gasteiger partial charge is 0.338 e. The molecule has 3 rings (SSSR count). The van der Waals surface area contributed by atoms with E-state index >= 15 is 0 Å². The SMILES string of the molecule is CCCC1CCC(C(=O)Oc2ccc(/C=C/C(=O)OCCCCCCCCOC(=O)c3cc(N)cc(N)c3)cc2)CC1.